The Morgan fingerprint density at radius 1 is 0.793 bits per heavy atom. The largest absolute Gasteiger partial charge is 0.508 e. The number of phenols is 2. The third-order valence-corrected chi connectivity index (χ3v) is 7.28. The monoisotopic (exact) mass is 492 g/mol. The van der Waals surface area contributed by atoms with Crippen LogP contribution in [0.25, 0.3) is 0 Å². The van der Waals surface area contributed by atoms with E-state index < -0.39 is 31.2 Å². The second kappa shape index (κ2) is 7.87. The van der Waals surface area contributed by atoms with Crippen molar-refractivity contribution in [3.8, 4) is 11.5 Å². The van der Waals surface area contributed by atoms with Crippen LogP contribution in [0.4, 0.5) is 0 Å². The van der Waals surface area contributed by atoms with E-state index in [2.05, 4.69) is 0 Å². The minimum atomic E-state index is -5.11. The summed E-state index contributed by atoms with van der Waals surface area (Å²) < 4.78 is 33.9. The van der Waals surface area contributed by atoms with E-state index in [0.717, 1.165) is 12.1 Å². The highest BCUT2D eigenvalue weighted by atomic mass is 35.5. The number of halogens is 4. The summed E-state index contributed by atoms with van der Waals surface area (Å²) >= 11 is 24.4. The van der Waals surface area contributed by atoms with Gasteiger partial charge >= 0.3 is 0 Å². The molecular weight excluding hydrogens is 482 g/mol. The Morgan fingerprint density at radius 3 is 1.97 bits per heavy atom. The molecule has 0 radical (unpaired) electrons. The summed E-state index contributed by atoms with van der Waals surface area (Å²) in [6.07, 6.45) is 0. The Bertz CT molecular complexity index is 1180. The lowest BCUT2D eigenvalue weighted by atomic mass is 9.83. The minimum Gasteiger partial charge on any atom is -0.508 e. The summed E-state index contributed by atoms with van der Waals surface area (Å²) in [7, 11) is -5.11. The van der Waals surface area contributed by atoms with E-state index in [4.69, 9.17) is 46.4 Å². The first-order valence-electron chi connectivity index (χ1n) is 7.89. The number of phenolic OH excluding ortho intramolecular Hbond substituents is 2. The molecule has 5 nitrogen and oxygen atoms in total. The summed E-state index contributed by atoms with van der Waals surface area (Å²) in [6.45, 7) is 0. The van der Waals surface area contributed by atoms with Crippen molar-refractivity contribution in [2.45, 2.75) is 4.75 Å². The molecule has 0 spiro atoms. The Balaban J connectivity index is 2.65. The SMILES string of the molecule is O=S(=O)(O)C(c1ccccc1)(c1cc(O)cc(Cl)c1)c1c(O)cc(Cl)c(Cl)c1Cl. The lowest BCUT2D eigenvalue weighted by molar-refractivity contribution is 0.439. The van der Waals surface area contributed by atoms with Gasteiger partial charge in [0.25, 0.3) is 10.1 Å². The average Bonchev–Trinajstić information content (AvgIpc) is 2.62. The molecule has 1 unspecified atom stereocenters. The molecule has 0 heterocycles. The smallest absolute Gasteiger partial charge is 0.283 e. The molecule has 152 valence electrons. The van der Waals surface area contributed by atoms with Gasteiger partial charge in [-0.25, -0.2) is 0 Å². The van der Waals surface area contributed by atoms with Crippen LogP contribution in [0, 0.1) is 0 Å². The molecule has 0 saturated carbocycles. The second-order valence-corrected chi connectivity index (χ2v) is 9.26. The molecule has 3 rings (SSSR count). The molecule has 0 aliphatic carbocycles. The summed E-state index contributed by atoms with van der Waals surface area (Å²) in [5.41, 5.74) is -0.601. The molecule has 29 heavy (non-hydrogen) atoms. The molecule has 3 N–H and O–H groups in total. The summed E-state index contributed by atoms with van der Waals surface area (Å²) in [5.74, 6) is -1.00. The van der Waals surface area contributed by atoms with Crippen LogP contribution >= 0.6 is 46.4 Å². The number of rotatable bonds is 4. The first-order valence-corrected chi connectivity index (χ1v) is 10.8. The number of hydrogen-bond donors (Lipinski definition) is 3. The van der Waals surface area contributed by atoms with Crippen LogP contribution in [-0.4, -0.2) is 23.2 Å². The van der Waals surface area contributed by atoms with E-state index in [1.165, 1.54) is 36.4 Å². The Kier molecular flexibility index (Phi) is 5.98. The molecule has 0 aromatic heterocycles. The molecule has 0 fully saturated rings. The van der Waals surface area contributed by atoms with Gasteiger partial charge in [0.15, 0.2) is 4.75 Å². The number of benzene rings is 3. The van der Waals surface area contributed by atoms with E-state index in [9.17, 15) is 23.2 Å². The lowest BCUT2D eigenvalue weighted by Crippen LogP contribution is -2.38. The van der Waals surface area contributed by atoms with Crippen LogP contribution in [-0.2, 0) is 14.9 Å². The van der Waals surface area contributed by atoms with E-state index in [1.807, 2.05) is 0 Å². The molecule has 0 saturated heterocycles. The van der Waals surface area contributed by atoms with Crippen molar-refractivity contribution in [3.05, 3.63) is 91.4 Å². The molecular formula is C19H12Cl4O5S. The van der Waals surface area contributed by atoms with Gasteiger partial charge in [0.05, 0.1) is 15.1 Å². The van der Waals surface area contributed by atoms with Gasteiger partial charge in [-0.3, -0.25) is 4.55 Å². The zero-order valence-electron chi connectivity index (χ0n) is 14.3. The van der Waals surface area contributed by atoms with Crippen molar-refractivity contribution >= 4 is 56.5 Å². The maximum atomic E-state index is 13.0. The van der Waals surface area contributed by atoms with Gasteiger partial charge in [-0.2, -0.15) is 8.42 Å². The maximum Gasteiger partial charge on any atom is 0.283 e. The Hall–Kier alpha value is -1.67. The first kappa shape index (κ1) is 22.0. The highest BCUT2D eigenvalue weighted by Gasteiger charge is 2.52. The fourth-order valence-corrected chi connectivity index (χ4v) is 5.59. The molecule has 3 aromatic carbocycles. The maximum absolute atomic E-state index is 13.0. The van der Waals surface area contributed by atoms with Gasteiger partial charge in [-0.05, 0) is 29.3 Å². The van der Waals surface area contributed by atoms with Crippen molar-refractivity contribution in [1.29, 1.82) is 0 Å². The highest BCUT2D eigenvalue weighted by molar-refractivity contribution is 7.87. The quantitative estimate of drug-likeness (QED) is 0.239. The molecule has 0 aliphatic heterocycles. The molecule has 0 aliphatic rings. The van der Waals surface area contributed by atoms with Crippen molar-refractivity contribution in [2.24, 2.45) is 0 Å². The normalized spacial score (nSPS) is 13.8. The topological polar surface area (TPSA) is 94.8 Å². The van der Waals surface area contributed by atoms with E-state index in [0.29, 0.717) is 0 Å². The van der Waals surface area contributed by atoms with Crippen molar-refractivity contribution < 1.29 is 23.2 Å². The van der Waals surface area contributed by atoms with E-state index >= 15 is 0 Å². The summed E-state index contributed by atoms with van der Waals surface area (Å²) in [4.78, 5) is 0. The predicted molar refractivity (Wildman–Crippen MR) is 114 cm³/mol. The van der Waals surface area contributed by atoms with Gasteiger partial charge in [0.1, 0.15) is 11.5 Å². The molecule has 3 aromatic rings. The van der Waals surface area contributed by atoms with Gasteiger partial charge in [-0.15, -0.1) is 0 Å². The standard InChI is InChI=1S/C19H12Cl4O5S/c20-12-6-11(7-13(24)8-12)19(29(26,27)28,10-4-2-1-3-5-10)16-15(25)9-14(21)17(22)18(16)23/h1-9,24-25H,(H,26,27,28). The van der Waals surface area contributed by atoms with Crippen LogP contribution in [0.3, 0.4) is 0 Å². The van der Waals surface area contributed by atoms with Crippen LogP contribution in [0.5, 0.6) is 11.5 Å². The van der Waals surface area contributed by atoms with Crippen molar-refractivity contribution in [2.75, 3.05) is 0 Å². The lowest BCUT2D eigenvalue weighted by Gasteiger charge is -2.34. The Labute approximate surface area is 186 Å². The summed E-state index contributed by atoms with van der Waals surface area (Å²) in [6, 6.07) is 12.0. The molecule has 10 heteroatoms. The minimum absolute atomic E-state index is 0.0137. The fraction of sp³-hybridized carbons (Fsp3) is 0.0526. The van der Waals surface area contributed by atoms with Crippen LogP contribution in [0.2, 0.25) is 20.1 Å². The summed E-state index contributed by atoms with van der Waals surface area (Å²) in [5, 5.41) is 20.0. The van der Waals surface area contributed by atoms with Gasteiger partial charge in [0.2, 0.25) is 0 Å². The molecule has 0 amide bonds. The fourth-order valence-electron chi connectivity index (χ4n) is 3.25. The van der Waals surface area contributed by atoms with Crippen molar-refractivity contribution in [3.63, 3.8) is 0 Å². The number of aromatic hydroxyl groups is 2. The zero-order valence-corrected chi connectivity index (χ0v) is 18.1. The predicted octanol–water partition coefficient (Wildman–Crippen LogP) is 5.89. The first-order chi connectivity index (χ1) is 13.5. The van der Waals surface area contributed by atoms with Gasteiger partial charge < -0.3 is 10.2 Å². The van der Waals surface area contributed by atoms with Gasteiger partial charge in [0, 0.05) is 16.7 Å². The second-order valence-electron chi connectivity index (χ2n) is 6.10. The third kappa shape index (κ3) is 3.65. The van der Waals surface area contributed by atoms with E-state index in [1.54, 1.807) is 6.07 Å². The van der Waals surface area contributed by atoms with E-state index in [-0.39, 0.29) is 31.9 Å². The van der Waals surface area contributed by atoms with Crippen LogP contribution in [0.1, 0.15) is 16.7 Å². The average molecular weight is 494 g/mol. The molecule has 1 atom stereocenters. The van der Waals surface area contributed by atoms with Crippen LogP contribution in [0.15, 0.2) is 54.6 Å². The van der Waals surface area contributed by atoms with Crippen LogP contribution < -0.4 is 0 Å². The molecule has 0 bridgehead atoms. The number of hydrogen-bond acceptors (Lipinski definition) is 4. The third-order valence-electron chi connectivity index (χ3n) is 4.35. The zero-order chi connectivity index (χ0) is 21.6. The van der Waals surface area contributed by atoms with Crippen molar-refractivity contribution in [1.82, 2.24) is 0 Å². The Morgan fingerprint density at radius 2 is 1.41 bits per heavy atom. The van der Waals surface area contributed by atoms with Gasteiger partial charge in [-0.1, -0.05) is 76.7 Å². The highest BCUT2D eigenvalue weighted by Crippen LogP contribution is 2.53.